The number of carbonyl (C=O) groups is 1. The highest BCUT2D eigenvalue weighted by atomic mass is 19.4. The van der Waals surface area contributed by atoms with Gasteiger partial charge in [0, 0.05) is 30.3 Å². The Morgan fingerprint density at radius 2 is 2.08 bits per heavy atom. The molecular formula is C16H14F5N3O2. The average molecular weight is 375 g/mol. The average Bonchev–Trinajstić information content (AvgIpc) is 2.94. The molecule has 0 aliphatic carbocycles. The van der Waals surface area contributed by atoms with E-state index in [1.807, 2.05) is 0 Å². The van der Waals surface area contributed by atoms with Crippen LogP contribution < -0.4 is 5.32 Å². The highest BCUT2D eigenvalue weighted by molar-refractivity contribution is 5.94. The molecule has 1 aliphatic rings. The third-order valence-corrected chi connectivity index (χ3v) is 3.95. The van der Waals surface area contributed by atoms with Crippen LogP contribution in [0.2, 0.25) is 0 Å². The highest BCUT2D eigenvalue weighted by Gasteiger charge is 2.39. The number of hydrogen-bond donors (Lipinski definition) is 1. The number of rotatable bonds is 4. The standard InChI is InChI=1S/C16H14F5N3O2/c17-9-1-2-10(12(18)7-9)15(25)22-4-5-24-13-3-6-26-8-11(13)14(23-24)16(19,20)21/h1-2,7H,3-6,8H2,(H,22,25). The highest BCUT2D eigenvalue weighted by Crippen LogP contribution is 2.34. The molecule has 140 valence electrons. The lowest BCUT2D eigenvalue weighted by atomic mass is 10.1. The van der Waals surface area contributed by atoms with E-state index in [1.54, 1.807) is 0 Å². The first-order chi connectivity index (χ1) is 12.3. The summed E-state index contributed by atoms with van der Waals surface area (Å²) < 4.78 is 71.9. The molecule has 10 heteroatoms. The van der Waals surface area contributed by atoms with Gasteiger partial charge < -0.3 is 10.1 Å². The van der Waals surface area contributed by atoms with Gasteiger partial charge >= 0.3 is 6.18 Å². The zero-order valence-electron chi connectivity index (χ0n) is 13.4. The molecule has 0 bridgehead atoms. The van der Waals surface area contributed by atoms with Crippen molar-refractivity contribution >= 4 is 5.91 Å². The Morgan fingerprint density at radius 1 is 1.31 bits per heavy atom. The molecule has 0 atom stereocenters. The third kappa shape index (κ3) is 3.69. The largest absolute Gasteiger partial charge is 0.435 e. The number of ether oxygens (including phenoxy) is 1. The van der Waals surface area contributed by atoms with Crippen LogP contribution in [-0.2, 0) is 30.5 Å². The quantitative estimate of drug-likeness (QED) is 0.836. The Labute approximate surface area is 144 Å². The minimum atomic E-state index is -4.60. The topological polar surface area (TPSA) is 56.2 Å². The van der Waals surface area contributed by atoms with E-state index in [0.717, 1.165) is 12.1 Å². The number of amides is 1. The van der Waals surface area contributed by atoms with Gasteiger partial charge in [-0.15, -0.1) is 0 Å². The van der Waals surface area contributed by atoms with Crippen LogP contribution in [0.3, 0.4) is 0 Å². The Hall–Kier alpha value is -2.49. The molecule has 0 saturated heterocycles. The second kappa shape index (κ2) is 7.02. The van der Waals surface area contributed by atoms with Gasteiger partial charge in [-0.2, -0.15) is 18.3 Å². The van der Waals surface area contributed by atoms with Crippen molar-refractivity contribution in [2.75, 3.05) is 13.2 Å². The Kier molecular flexibility index (Phi) is 4.94. The number of carbonyl (C=O) groups excluding carboxylic acids is 1. The first kappa shape index (κ1) is 18.3. The van der Waals surface area contributed by atoms with Crippen LogP contribution in [-0.4, -0.2) is 28.8 Å². The minimum Gasteiger partial charge on any atom is -0.376 e. The van der Waals surface area contributed by atoms with Crippen LogP contribution >= 0.6 is 0 Å². The molecular weight excluding hydrogens is 361 g/mol. The van der Waals surface area contributed by atoms with E-state index in [2.05, 4.69) is 10.4 Å². The fourth-order valence-corrected chi connectivity index (χ4v) is 2.77. The van der Waals surface area contributed by atoms with E-state index in [9.17, 15) is 26.7 Å². The predicted octanol–water partition coefficient (Wildman–Crippen LogP) is 2.68. The van der Waals surface area contributed by atoms with E-state index in [1.165, 1.54) is 4.68 Å². The van der Waals surface area contributed by atoms with Crippen LogP contribution in [0.4, 0.5) is 22.0 Å². The number of nitrogens with zero attached hydrogens (tertiary/aromatic N) is 2. The number of nitrogens with one attached hydrogen (secondary N) is 1. The van der Waals surface area contributed by atoms with Crippen LogP contribution in [0.5, 0.6) is 0 Å². The van der Waals surface area contributed by atoms with Gasteiger partial charge in [0.1, 0.15) is 11.6 Å². The van der Waals surface area contributed by atoms with Crippen molar-refractivity contribution in [2.24, 2.45) is 0 Å². The first-order valence-electron chi connectivity index (χ1n) is 7.74. The second-order valence-electron chi connectivity index (χ2n) is 5.68. The summed E-state index contributed by atoms with van der Waals surface area (Å²) in [6, 6.07) is 2.51. The van der Waals surface area contributed by atoms with Gasteiger partial charge in [0.25, 0.3) is 5.91 Å². The predicted molar refractivity (Wildman–Crippen MR) is 79.3 cm³/mol. The molecule has 0 unspecified atom stereocenters. The molecule has 26 heavy (non-hydrogen) atoms. The van der Waals surface area contributed by atoms with E-state index < -0.39 is 29.4 Å². The number of benzene rings is 1. The molecule has 3 rings (SSSR count). The summed E-state index contributed by atoms with van der Waals surface area (Å²) in [5.41, 5.74) is -0.938. The summed E-state index contributed by atoms with van der Waals surface area (Å²) in [5, 5.41) is 5.99. The number of hydrogen-bond acceptors (Lipinski definition) is 3. The van der Waals surface area contributed by atoms with Gasteiger partial charge in [-0.1, -0.05) is 0 Å². The number of fused-ring (bicyclic) bond motifs is 1. The van der Waals surface area contributed by atoms with Gasteiger partial charge in [0.15, 0.2) is 5.69 Å². The van der Waals surface area contributed by atoms with E-state index in [-0.39, 0.29) is 43.9 Å². The first-order valence-corrected chi connectivity index (χ1v) is 7.74. The zero-order valence-corrected chi connectivity index (χ0v) is 13.4. The van der Waals surface area contributed by atoms with Crippen molar-refractivity contribution in [3.05, 3.63) is 52.3 Å². The minimum absolute atomic E-state index is 0.000319. The number of aromatic nitrogens is 2. The monoisotopic (exact) mass is 375 g/mol. The van der Waals surface area contributed by atoms with Gasteiger partial charge in [-0.3, -0.25) is 9.48 Å². The molecule has 0 spiro atoms. The molecule has 1 aromatic heterocycles. The molecule has 1 amide bonds. The zero-order chi connectivity index (χ0) is 18.9. The summed E-state index contributed by atoms with van der Waals surface area (Å²) in [5.74, 6) is -2.62. The Bertz CT molecular complexity index is 832. The third-order valence-electron chi connectivity index (χ3n) is 3.95. The molecule has 0 saturated carbocycles. The molecule has 2 heterocycles. The maximum atomic E-state index is 13.6. The fraction of sp³-hybridized carbons (Fsp3) is 0.375. The Balaban J connectivity index is 1.70. The molecule has 1 N–H and O–H groups in total. The lowest BCUT2D eigenvalue weighted by Crippen LogP contribution is -2.29. The fourth-order valence-electron chi connectivity index (χ4n) is 2.77. The van der Waals surface area contributed by atoms with Crippen molar-refractivity contribution < 1.29 is 31.5 Å². The lowest BCUT2D eigenvalue weighted by molar-refractivity contribution is -0.142. The molecule has 5 nitrogen and oxygen atoms in total. The van der Waals surface area contributed by atoms with E-state index in [4.69, 9.17) is 4.74 Å². The molecule has 2 aromatic rings. The summed E-state index contributed by atoms with van der Waals surface area (Å²) in [6.45, 7) is 0.0232. The Morgan fingerprint density at radius 3 is 2.77 bits per heavy atom. The second-order valence-corrected chi connectivity index (χ2v) is 5.68. The van der Waals surface area contributed by atoms with Gasteiger partial charge in [0.05, 0.1) is 25.3 Å². The van der Waals surface area contributed by atoms with Gasteiger partial charge in [-0.25, -0.2) is 8.78 Å². The molecule has 0 radical (unpaired) electrons. The van der Waals surface area contributed by atoms with Gasteiger partial charge in [-0.05, 0) is 12.1 Å². The van der Waals surface area contributed by atoms with E-state index in [0.29, 0.717) is 11.8 Å². The van der Waals surface area contributed by atoms with Crippen LogP contribution in [0, 0.1) is 11.6 Å². The van der Waals surface area contributed by atoms with Crippen molar-refractivity contribution in [2.45, 2.75) is 25.7 Å². The number of alkyl halides is 3. The smallest absolute Gasteiger partial charge is 0.376 e. The van der Waals surface area contributed by atoms with Crippen molar-refractivity contribution in [3.63, 3.8) is 0 Å². The molecule has 1 aromatic carbocycles. The summed E-state index contributed by atoms with van der Waals surface area (Å²) in [4.78, 5) is 11.9. The van der Waals surface area contributed by atoms with Crippen molar-refractivity contribution in [1.82, 2.24) is 15.1 Å². The summed E-state index contributed by atoms with van der Waals surface area (Å²) >= 11 is 0. The lowest BCUT2D eigenvalue weighted by Gasteiger charge is -2.15. The molecule has 0 fully saturated rings. The normalized spacial score (nSPS) is 14.2. The van der Waals surface area contributed by atoms with Crippen LogP contribution in [0.25, 0.3) is 0 Å². The number of halogens is 5. The molecule has 1 aliphatic heterocycles. The van der Waals surface area contributed by atoms with Crippen LogP contribution in [0.15, 0.2) is 18.2 Å². The maximum absolute atomic E-state index is 13.6. The van der Waals surface area contributed by atoms with Crippen molar-refractivity contribution in [1.29, 1.82) is 0 Å². The maximum Gasteiger partial charge on any atom is 0.435 e. The van der Waals surface area contributed by atoms with Gasteiger partial charge in [0.2, 0.25) is 0 Å². The summed E-state index contributed by atoms with van der Waals surface area (Å²) in [7, 11) is 0. The van der Waals surface area contributed by atoms with Crippen molar-refractivity contribution in [3.8, 4) is 0 Å². The van der Waals surface area contributed by atoms with E-state index >= 15 is 0 Å². The summed E-state index contributed by atoms with van der Waals surface area (Å²) in [6.07, 6.45) is -4.32. The van der Waals surface area contributed by atoms with Crippen LogP contribution in [0.1, 0.15) is 27.3 Å². The SMILES string of the molecule is O=C(NCCn1nc(C(F)(F)F)c2c1CCOC2)c1ccc(F)cc1F.